The van der Waals surface area contributed by atoms with E-state index < -0.39 is 0 Å². The zero-order valence-electron chi connectivity index (χ0n) is 16.3. The average Bonchev–Trinajstić information content (AvgIpc) is 3.14. The first kappa shape index (κ1) is 20.9. The van der Waals surface area contributed by atoms with Gasteiger partial charge in [0.15, 0.2) is 0 Å². The van der Waals surface area contributed by atoms with Crippen molar-refractivity contribution in [1.29, 1.82) is 5.26 Å². The molecule has 0 atom stereocenters. The number of carbonyl (C=O) groups is 1. The number of nitriles is 1. The third-order valence-electron chi connectivity index (χ3n) is 4.22. The molecule has 2 heterocycles. The van der Waals surface area contributed by atoms with Crippen LogP contribution in [0.3, 0.4) is 0 Å². The van der Waals surface area contributed by atoms with Gasteiger partial charge in [-0.15, -0.1) is 0 Å². The van der Waals surface area contributed by atoms with Gasteiger partial charge in [0.2, 0.25) is 5.91 Å². The van der Waals surface area contributed by atoms with E-state index in [1.807, 2.05) is 24.3 Å². The summed E-state index contributed by atoms with van der Waals surface area (Å²) in [5.74, 6) is 2.07. The van der Waals surface area contributed by atoms with Gasteiger partial charge in [0, 0.05) is 17.6 Å². The first-order chi connectivity index (χ1) is 13.9. The van der Waals surface area contributed by atoms with Crippen molar-refractivity contribution in [2.24, 2.45) is 0 Å². The van der Waals surface area contributed by atoms with E-state index in [0.29, 0.717) is 39.4 Å². The Morgan fingerprint density at radius 3 is 2.62 bits per heavy atom. The van der Waals surface area contributed by atoms with Gasteiger partial charge in [-0.3, -0.25) is 4.79 Å². The first-order valence-electron chi connectivity index (χ1n) is 8.84. The molecule has 0 saturated carbocycles. The Morgan fingerprint density at radius 2 is 1.93 bits per heavy atom. The highest BCUT2D eigenvalue weighted by molar-refractivity contribution is 8.00. The number of hydrogen-bond acceptors (Lipinski definition) is 6. The summed E-state index contributed by atoms with van der Waals surface area (Å²) in [7, 11) is 1.72. The Labute approximate surface area is 178 Å². The van der Waals surface area contributed by atoms with Crippen LogP contribution < -0.4 is 0 Å². The molecule has 8 heteroatoms. The lowest BCUT2D eigenvalue weighted by Gasteiger charge is -2.15. The van der Waals surface area contributed by atoms with E-state index in [0.717, 1.165) is 11.3 Å². The molecule has 0 aliphatic rings. The maximum atomic E-state index is 12.5. The molecule has 1 aromatic carbocycles. The molecule has 0 unspecified atom stereocenters. The zero-order chi connectivity index (χ0) is 21.0. The monoisotopic (exact) mass is 426 g/mol. The predicted octanol–water partition coefficient (Wildman–Crippen LogP) is 4.63. The van der Waals surface area contributed by atoms with Gasteiger partial charge >= 0.3 is 0 Å². The van der Waals surface area contributed by atoms with Crippen molar-refractivity contribution in [3.05, 3.63) is 64.3 Å². The lowest BCUT2D eigenvalue weighted by Crippen LogP contribution is -2.27. The summed E-state index contributed by atoms with van der Waals surface area (Å²) in [5.41, 5.74) is 1.95. The van der Waals surface area contributed by atoms with Crippen LogP contribution in [0.2, 0.25) is 5.02 Å². The minimum atomic E-state index is -0.0859. The smallest absolute Gasteiger partial charge is 0.233 e. The second kappa shape index (κ2) is 9.12. The van der Waals surface area contributed by atoms with Gasteiger partial charge in [0.05, 0.1) is 18.0 Å². The number of halogens is 1. The number of benzene rings is 1. The lowest BCUT2D eigenvalue weighted by molar-refractivity contribution is -0.127. The molecule has 0 radical (unpaired) electrons. The van der Waals surface area contributed by atoms with Crippen molar-refractivity contribution in [3.63, 3.8) is 0 Å². The summed E-state index contributed by atoms with van der Waals surface area (Å²) in [6.45, 7) is 3.88. The molecule has 2 aromatic heterocycles. The molecule has 0 fully saturated rings. The summed E-state index contributed by atoms with van der Waals surface area (Å²) in [6, 6.07) is 13.2. The second-order valence-corrected chi connectivity index (χ2v) is 7.86. The number of carbonyl (C=O) groups excluding carboxylic acids is 1. The molecule has 0 saturated heterocycles. The standard InChI is InChI=1S/C21H19ClN4O2S/c1-13-18(10-23)21(25-14(2)24-13)29-12-20(27)26(3)11-17-8-9-19(28-17)15-4-6-16(22)7-5-15/h4-9H,11-12H2,1-3H3. The van der Waals surface area contributed by atoms with E-state index in [1.54, 1.807) is 37.9 Å². The summed E-state index contributed by atoms with van der Waals surface area (Å²) in [5, 5.41) is 10.5. The Morgan fingerprint density at radius 1 is 1.21 bits per heavy atom. The number of nitrogens with zero attached hydrogens (tertiary/aromatic N) is 4. The number of furan rings is 1. The van der Waals surface area contributed by atoms with Crippen LogP contribution in [0, 0.1) is 25.2 Å². The first-order valence-corrected chi connectivity index (χ1v) is 10.2. The summed E-state index contributed by atoms with van der Waals surface area (Å²) in [4.78, 5) is 22.6. The number of rotatable bonds is 6. The quantitative estimate of drug-likeness (QED) is 0.422. The molecule has 29 heavy (non-hydrogen) atoms. The van der Waals surface area contributed by atoms with Gasteiger partial charge in [-0.2, -0.15) is 5.26 Å². The largest absolute Gasteiger partial charge is 0.459 e. The molecule has 0 aliphatic carbocycles. The SMILES string of the molecule is Cc1nc(C)c(C#N)c(SCC(=O)N(C)Cc2ccc(-c3ccc(Cl)cc3)o2)n1. The van der Waals surface area contributed by atoms with E-state index in [1.165, 1.54) is 11.8 Å². The highest BCUT2D eigenvalue weighted by Crippen LogP contribution is 2.25. The fraction of sp³-hybridized carbons (Fsp3) is 0.238. The summed E-state index contributed by atoms with van der Waals surface area (Å²) < 4.78 is 5.85. The van der Waals surface area contributed by atoms with Crippen LogP contribution >= 0.6 is 23.4 Å². The van der Waals surface area contributed by atoms with Crippen LogP contribution in [0.4, 0.5) is 0 Å². The second-order valence-electron chi connectivity index (χ2n) is 6.46. The third-order valence-corrected chi connectivity index (χ3v) is 5.43. The molecule has 0 spiro atoms. The lowest BCUT2D eigenvalue weighted by atomic mass is 10.2. The Balaban J connectivity index is 1.62. The molecular formula is C21H19ClN4O2S. The van der Waals surface area contributed by atoms with Crippen molar-refractivity contribution in [3.8, 4) is 17.4 Å². The fourth-order valence-corrected chi connectivity index (χ4v) is 3.85. The number of aryl methyl sites for hydroxylation is 2. The molecule has 0 aliphatic heterocycles. The van der Waals surface area contributed by atoms with Crippen molar-refractivity contribution < 1.29 is 9.21 Å². The molecule has 0 bridgehead atoms. The molecule has 3 rings (SSSR count). The van der Waals surface area contributed by atoms with Crippen LogP contribution in [0.5, 0.6) is 0 Å². The average molecular weight is 427 g/mol. The van der Waals surface area contributed by atoms with E-state index in [9.17, 15) is 10.1 Å². The Bertz CT molecular complexity index is 1070. The fourth-order valence-electron chi connectivity index (χ4n) is 2.71. The van der Waals surface area contributed by atoms with Gasteiger partial charge in [-0.05, 0) is 50.2 Å². The van der Waals surface area contributed by atoms with Crippen LogP contribution in [0.25, 0.3) is 11.3 Å². The van der Waals surface area contributed by atoms with Crippen molar-refractivity contribution >= 4 is 29.3 Å². The maximum Gasteiger partial charge on any atom is 0.233 e. The van der Waals surface area contributed by atoms with Crippen molar-refractivity contribution in [1.82, 2.24) is 14.9 Å². The minimum Gasteiger partial charge on any atom is -0.459 e. The van der Waals surface area contributed by atoms with Crippen molar-refractivity contribution in [2.75, 3.05) is 12.8 Å². The topological polar surface area (TPSA) is 83.0 Å². The zero-order valence-corrected chi connectivity index (χ0v) is 17.8. The van der Waals surface area contributed by atoms with Gasteiger partial charge < -0.3 is 9.32 Å². The van der Waals surface area contributed by atoms with E-state index in [2.05, 4.69) is 16.0 Å². The van der Waals surface area contributed by atoms with Gasteiger partial charge in [0.1, 0.15) is 34.0 Å². The Kier molecular flexibility index (Phi) is 6.57. The van der Waals surface area contributed by atoms with E-state index in [-0.39, 0.29) is 11.7 Å². The van der Waals surface area contributed by atoms with Crippen LogP contribution in [0.15, 0.2) is 45.8 Å². The Hall–Kier alpha value is -2.82. The molecule has 1 amide bonds. The molecular weight excluding hydrogens is 408 g/mol. The molecule has 6 nitrogen and oxygen atoms in total. The van der Waals surface area contributed by atoms with Crippen LogP contribution in [0.1, 0.15) is 22.8 Å². The molecule has 3 aromatic rings. The van der Waals surface area contributed by atoms with E-state index in [4.69, 9.17) is 16.0 Å². The minimum absolute atomic E-state index is 0.0859. The van der Waals surface area contributed by atoms with Gasteiger partial charge in [-0.1, -0.05) is 23.4 Å². The van der Waals surface area contributed by atoms with Crippen molar-refractivity contribution in [2.45, 2.75) is 25.4 Å². The molecule has 0 N–H and O–H groups in total. The van der Waals surface area contributed by atoms with E-state index >= 15 is 0 Å². The van der Waals surface area contributed by atoms with Crippen LogP contribution in [-0.2, 0) is 11.3 Å². The summed E-state index contributed by atoms with van der Waals surface area (Å²) in [6.07, 6.45) is 0. The molecule has 148 valence electrons. The van der Waals surface area contributed by atoms with Crippen LogP contribution in [-0.4, -0.2) is 33.6 Å². The van der Waals surface area contributed by atoms with Gasteiger partial charge in [0.25, 0.3) is 0 Å². The third kappa shape index (κ3) is 5.17. The van der Waals surface area contributed by atoms with Gasteiger partial charge in [-0.25, -0.2) is 9.97 Å². The maximum absolute atomic E-state index is 12.5. The number of thioether (sulfide) groups is 1. The highest BCUT2D eigenvalue weighted by Gasteiger charge is 2.16. The normalized spacial score (nSPS) is 10.6. The summed E-state index contributed by atoms with van der Waals surface area (Å²) >= 11 is 7.16. The number of hydrogen-bond donors (Lipinski definition) is 0. The number of aromatic nitrogens is 2. The number of amides is 1. The highest BCUT2D eigenvalue weighted by atomic mass is 35.5. The predicted molar refractivity (Wildman–Crippen MR) is 113 cm³/mol.